The van der Waals surface area contributed by atoms with Crippen LogP contribution >= 0.6 is 15.9 Å². The molecule has 5 nitrogen and oxygen atoms in total. The van der Waals surface area contributed by atoms with E-state index in [1.54, 1.807) is 50.6 Å². The highest BCUT2D eigenvalue weighted by molar-refractivity contribution is 9.10. The molecule has 0 aliphatic rings. The number of rotatable bonds is 4. The van der Waals surface area contributed by atoms with Gasteiger partial charge < -0.3 is 20.5 Å². The van der Waals surface area contributed by atoms with Gasteiger partial charge in [0.2, 0.25) is 0 Å². The van der Waals surface area contributed by atoms with Crippen LogP contribution in [-0.2, 0) is 0 Å². The third-order valence-electron chi connectivity index (χ3n) is 2.93. The predicted molar refractivity (Wildman–Crippen MR) is 86.1 cm³/mol. The van der Waals surface area contributed by atoms with Gasteiger partial charge in [-0.2, -0.15) is 0 Å². The van der Waals surface area contributed by atoms with Gasteiger partial charge in [-0.3, -0.25) is 4.79 Å². The molecule has 0 fully saturated rings. The first kappa shape index (κ1) is 15.2. The van der Waals surface area contributed by atoms with Gasteiger partial charge in [0.15, 0.2) is 0 Å². The average molecular weight is 351 g/mol. The molecule has 2 aromatic carbocycles. The highest BCUT2D eigenvalue weighted by atomic mass is 79.9. The van der Waals surface area contributed by atoms with Gasteiger partial charge in [0, 0.05) is 22.3 Å². The average Bonchev–Trinajstić information content (AvgIpc) is 2.49. The lowest BCUT2D eigenvalue weighted by atomic mass is 10.1. The maximum atomic E-state index is 12.3. The number of benzene rings is 2. The number of carbonyl (C=O) groups is 1. The smallest absolute Gasteiger partial charge is 0.257 e. The van der Waals surface area contributed by atoms with Gasteiger partial charge >= 0.3 is 0 Å². The Morgan fingerprint density at radius 2 is 1.71 bits per heavy atom. The van der Waals surface area contributed by atoms with Crippen molar-refractivity contribution in [1.82, 2.24) is 0 Å². The van der Waals surface area contributed by atoms with Crippen molar-refractivity contribution in [2.24, 2.45) is 0 Å². The molecule has 1 amide bonds. The summed E-state index contributed by atoms with van der Waals surface area (Å²) in [6.07, 6.45) is 0. The van der Waals surface area contributed by atoms with Crippen molar-refractivity contribution in [3.05, 3.63) is 46.4 Å². The molecule has 0 bridgehead atoms. The SMILES string of the molecule is COc1ccc(C(=O)Nc2cc(OC)ccc2Br)c(N)c1. The topological polar surface area (TPSA) is 73.6 Å². The fourth-order valence-corrected chi connectivity index (χ4v) is 2.14. The number of anilines is 2. The fourth-order valence-electron chi connectivity index (χ4n) is 1.79. The van der Waals surface area contributed by atoms with E-state index in [4.69, 9.17) is 15.2 Å². The van der Waals surface area contributed by atoms with Crippen molar-refractivity contribution < 1.29 is 14.3 Å². The monoisotopic (exact) mass is 350 g/mol. The molecule has 2 aromatic rings. The summed E-state index contributed by atoms with van der Waals surface area (Å²) in [6.45, 7) is 0. The van der Waals surface area contributed by atoms with Crippen molar-refractivity contribution in [3.63, 3.8) is 0 Å². The second-order valence-corrected chi connectivity index (χ2v) is 5.11. The summed E-state index contributed by atoms with van der Waals surface area (Å²) in [5, 5.41) is 2.79. The van der Waals surface area contributed by atoms with Crippen LogP contribution < -0.4 is 20.5 Å². The normalized spacial score (nSPS) is 10.0. The highest BCUT2D eigenvalue weighted by Crippen LogP contribution is 2.28. The third-order valence-corrected chi connectivity index (χ3v) is 3.62. The minimum Gasteiger partial charge on any atom is -0.497 e. The number of amides is 1. The molecule has 0 atom stereocenters. The summed E-state index contributed by atoms with van der Waals surface area (Å²) >= 11 is 3.38. The van der Waals surface area contributed by atoms with Crippen molar-refractivity contribution in [1.29, 1.82) is 0 Å². The van der Waals surface area contributed by atoms with Crippen LogP contribution in [-0.4, -0.2) is 20.1 Å². The molecule has 6 heteroatoms. The number of hydrogen-bond acceptors (Lipinski definition) is 4. The minimum absolute atomic E-state index is 0.302. The van der Waals surface area contributed by atoms with E-state index in [1.165, 1.54) is 0 Å². The van der Waals surface area contributed by atoms with Crippen molar-refractivity contribution in [3.8, 4) is 11.5 Å². The van der Waals surface area contributed by atoms with Gasteiger partial charge in [-0.05, 0) is 40.2 Å². The molecule has 3 N–H and O–H groups in total. The van der Waals surface area contributed by atoms with Crippen molar-refractivity contribution in [2.75, 3.05) is 25.3 Å². The van der Waals surface area contributed by atoms with Crippen LogP contribution in [0.4, 0.5) is 11.4 Å². The van der Waals surface area contributed by atoms with Crippen LogP contribution in [0.25, 0.3) is 0 Å². The maximum absolute atomic E-state index is 12.3. The molecular weight excluding hydrogens is 336 g/mol. The maximum Gasteiger partial charge on any atom is 0.257 e. The molecule has 21 heavy (non-hydrogen) atoms. The first-order valence-electron chi connectivity index (χ1n) is 6.13. The zero-order valence-corrected chi connectivity index (χ0v) is 13.2. The van der Waals surface area contributed by atoms with E-state index >= 15 is 0 Å². The third kappa shape index (κ3) is 3.46. The van der Waals surface area contributed by atoms with Gasteiger partial charge in [-0.15, -0.1) is 0 Å². The van der Waals surface area contributed by atoms with E-state index in [0.717, 1.165) is 4.47 Å². The zero-order valence-electron chi connectivity index (χ0n) is 11.6. The number of nitrogen functional groups attached to an aromatic ring is 1. The number of halogens is 1. The molecule has 0 aliphatic heterocycles. The van der Waals surface area contributed by atoms with E-state index in [9.17, 15) is 4.79 Å². The standard InChI is InChI=1S/C15H15BrN2O3/c1-20-9-3-5-11(13(17)7-9)15(19)18-14-8-10(21-2)4-6-12(14)16/h3-8H,17H2,1-2H3,(H,18,19). The van der Waals surface area contributed by atoms with Crippen molar-refractivity contribution >= 4 is 33.2 Å². The van der Waals surface area contributed by atoms with Crippen LogP contribution in [0.2, 0.25) is 0 Å². The minimum atomic E-state index is -0.302. The van der Waals surface area contributed by atoms with Gasteiger partial charge in [0.05, 0.1) is 25.5 Å². The molecule has 0 unspecified atom stereocenters. The number of methoxy groups -OCH3 is 2. The summed E-state index contributed by atoms with van der Waals surface area (Å²) in [5.41, 5.74) is 7.21. The summed E-state index contributed by atoms with van der Waals surface area (Å²) in [6, 6.07) is 10.2. The van der Waals surface area contributed by atoms with E-state index < -0.39 is 0 Å². The Hall–Kier alpha value is -2.21. The van der Waals surface area contributed by atoms with E-state index in [2.05, 4.69) is 21.2 Å². The first-order chi connectivity index (χ1) is 10.0. The second kappa shape index (κ2) is 6.49. The van der Waals surface area contributed by atoms with Crippen LogP contribution in [0, 0.1) is 0 Å². The second-order valence-electron chi connectivity index (χ2n) is 4.25. The first-order valence-corrected chi connectivity index (χ1v) is 6.93. The number of carbonyl (C=O) groups excluding carboxylic acids is 1. The molecule has 2 rings (SSSR count). The summed E-state index contributed by atoms with van der Waals surface area (Å²) in [7, 11) is 3.11. The largest absolute Gasteiger partial charge is 0.497 e. The predicted octanol–water partition coefficient (Wildman–Crippen LogP) is 3.30. The zero-order chi connectivity index (χ0) is 15.4. The van der Waals surface area contributed by atoms with Crippen LogP contribution in [0.15, 0.2) is 40.9 Å². The Bertz CT molecular complexity index is 674. The van der Waals surface area contributed by atoms with Gasteiger partial charge in [-0.25, -0.2) is 0 Å². The Morgan fingerprint density at radius 1 is 1.10 bits per heavy atom. The molecule has 0 saturated carbocycles. The van der Waals surface area contributed by atoms with Crippen molar-refractivity contribution in [2.45, 2.75) is 0 Å². The van der Waals surface area contributed by atoms with Gasteiger partial charge in [0.1, 0.15) is 11.5 Å². The molecule has 0 aromatic heterocycles. The molecule has 0 radical (unpaired) electrons. The Morgan fingerprint density at radius 3 is 2.33 bits per heavy atom. The fraction of sp³-hybridized carbons (Fsp3) is 0.133. The Labute approximate surface area is 131 Å². The molecule has 0 aliphatic carbocycles. The number of ether oxygens (including phenoxy) is 2. The van der Waals surface area contributed by atoms with Crippen LogP contribution in [0.1, 0.15) is 10.4 Å². The van der Waals surface area contributed by atoms with E-state index in [-0.39, 0.29) is 5.91 Å². The molecule has 0 heterocycles. The summed E-state index contributed by atoms with van der Waals surface area (Å²) in [4.78, 5) is 12.3. The van der Waals surface area contributed by atoms with Crippen LogP contribution in [0.3, 0.4) is 0 Å². The Kier molecular flexibility index (Phi) is 4.70. The quantitative estimate of drug-likeness (QED) is 0.829. The Balaban J connectivity index is 2.26. The van der Waals surface area contributed by atoms with Gasteiger partial charge in [-0.1, -0.05) is 0 Å². The van der Waals surface area contributed by atoms with E-state index in [0.29, 0.717) is 28.4 Å². The number of nitrogens with two attached hydrogens (primary N) is 1. The molecule has 0 spiro atoms. The number of hydrogen-bond donors (Lipinski definition) is 2. The number of nitrogens with one attached hydrogen (secondary N) is 1. The van der Waals surface area contributed by atoms with Crippen LogP contribution in [0.5, 0.6) is 11.5 Å². The lowest BCUT2D eigenvalue weighted by Crippen LogP contribution is -2.14. The lowest BCUT2D eigenvalue weighted by molar-refractivity contribution is 0.102. The molecular formula is C15H15BrN2O3. The van der Waals surface area contributed by atoms with Gasteiger partial charge in [0.25, 0.3) is 5.91 Å². The summed E-state index contributed by atoms with van der Waals surface area (Å²) in [5.74, 6) is 0.951. The molecule has 0 saturated heterocycles. The summed E-state index contributed by atoms with van der Waals surface area (Å²) < 4.78 is 11.0. The molecule has 110 valence electrons. The highest BCUT2D eigenvalue weighted by Gasteiger charge is 2.13. The lowest BCUT2D eigenvalue weighted by Gasteiger charge is -2.11. The van der Waals surface area contributed by atoms with E-state index in [1.807, 2.05) is 0 Å².